The summed E-state index contributed by atoms with van der Waals surface area (Å²) in [5.74, 6) is 0. The van der Waals surface area contributed by atoms with E-state index in [9.17, 15) is 0 Å². The van der Waals surface area contributed by atoms with Crippen molar-refractivity contribution in [3.05, 3.63) is 6.33 Å². The number of anilines is 1. The molecule has 3 nitrogen and oxygen atoms in total. The summed E-state index contributed by atoms with van der Waals surface area (Å²) in [6.07, 6.45) is 6.36. The van der Waals surface area contributed by atoms with Gasteiger partial charge in [0.1, 0.15) is 6.33 Å². The molecule has 2 atom stereocenters. The van der Waals surface area contributed by atoms with Crippen LogP contribution in [-0.4, -0.2) is 26.9 Å². The molecule has 5 heteroatoms. The standard InChI is InChI=1S/C7H11N3S2/c1-11-6-3-2-5(6)10-7-8-4-9-12-7/h4-6H,2-3H2,1H3,(H,8,9,10). The summed E-state index contributed by atoms with van der Waals surface area (Å²) < 4.78 is 3.95. The van der Waals surface area contributed by atoms with Crippen LogP contribution in [0.1, 0.15) is 12.8 Å². The molecule has 0 aliphatic heterocycles. The molecular formula is C7H11N3S2. The largest absolute Gasteiger partial charge is 0.356 e. The Balaban J connectivity index is 1.88. The summed E-state index contributed by atoms with van der Waals surface area (Å²) >= 11 is 3.37. The highest BCUT2D eigenvalue weighted by Crippen LogP contribution is 2.32. The second kappa shape index (κ2) is 3.62. The molecular weight excluding hydrogens is 190 g/mol. The Bertz CT molecular complexity index is 235. The number of rotatable bonds is 3. The fourth-order valence-corrected chi connectivity index (χ4v) is 2.71. The lowest BCUT2D eigenvalue weighted by Crippen LogP contribution is -2.40. The Morgan fingerprint density at radius 2 is 2.58 bits per heavy atom. The quantitative estimate of drug-likeness (QED) is 0.810. The molecule has 0 bridgehead atoms. The lowest BCUT2D eigenvalue weighted by Gasteiger charge is -2.35. The molecule has 1 heterocycles. The zero-order valence-corrected chi connectivity index (χ0v) is 8.49. The summed E-state index contributed by atoms with van der Waals surface area (Å²) in [4.78, 5) is 4.09. The van der Waals surface area contributed by atoms with Gasteiger partial charge in [-0.3, -0.25) is 0 Å². The van der Waals surface area contributed by atoms with Crippen LogP contribution in [0, 0.1) is 0 Å². The highest BCUT2D eigenvalue weighted by Gasteiger charge is 2.30. The predicted octanol–water partition coefficient (Wildman–Crippen LogP) is 1.84. The molecule has 0 amide bonds. The van der Waals surface area contributed by atoms with Gasteiger partial charge >= 0.3 is 0 Å². The first-order valence-corrected chi connectivity index (χ1v) is 6.02. The van der Waals surface area contributed by atoms with E-state index in [0.29, 0.717) is 6.04 Å². The molecule has 2 rings (SSSR count). The number of hydrogen-bond acceptors (Lipinski definition) is 5. The lowest BCUT2D eigenvalue weighted by atomic mass is 9.92. The van der Waals surface area contributed by atoms with Gasteiger partial charge in [0.15, 0.2) is 0 Å². The third-order valence-corrected chi connectivity index (χ3v) is 3.95. The first-order valence-electron chi connectivity index (χ1n) is 3.96. The molecule has 0 aromatic carbocycles. The molecule has 0 spiro atoms. The molecule has 1 fully saturated rings. The number of aromatic nitrogens is 2. The third kappa shape index (κ3) is 1.56. The zero-order valence-electron chi connectivity index (χ0n) is 6.86. The van der Waals surface area contributed by atoms with Crippen molar-refractivity contribution in [1.29, 1.82) is 0 Å². The van der Waals surface area contributed by atoms with Crippen LogP contribution in [-0.2, 0) is 0 Å². The van der Waals surface area contributed by atoms with Crippen molar-refractivity contribution in [1.82, 2.24) is 9.36 Å². The van der Waals surface area contributed by atoms with E-state index in [1.807, 2.05) is 11.8 Å². The predicted molar refractivity (Wildman–Crippen MR) is 53.9 cm³/mol. The summed E-state index contributed by atoms with van der Waals surface area (Å²) in [7, 11) is 0. The molecule has 1 aromatic heterocycles. The van der Waals surface area contributed by atoms with Crippen LogP contribution in [0.15, 0.2) is 6.33 Å². The van der Waals surface area contributed by atoms with Crippen molar-refractivity contribution in [2.24, 2.45) is 0 Å². The Morgan fingerprint density at radius 3 is 3.08 bits per heavy atom. The van der Waals surface area contributed by atoms with Crippen molar-refractivity contribution in [3.63, 3.8) is 0 Å². The van der Waals surface area contributed by atoms with Gasteiger partial charge in [-0.25, -0.2) is 4.98 Å². The van der Waals surface area contributed by atoms with Crippen LogP contribution in [0.5, 0.6) is 0 Å². The van der Waals surface area contributed by atoms with Crippen molar-refractivity contribution >= 4 is 28.4 Å². The number of thioether (sulfide) groups is 1. The number of nitrogens with zero attached hydrogens (tertiary/aromatic N) is 2. The van der Waals surface area contributed by atoms with Gasteiger partial charge in [0.05, 0.1) is 0 Å². The van der Waals surface area contributed by atoms with Crippen LogP contribution in [0.3, 0.4) is 0 Å². The Kier molecular flexibility index (Phi) is 2.51. The van der Waals surface area contributed by atoms with Gasteiger partial charge in [0, 0.05) is 22.8 Å². The van der Waals surface area contributed by atoms with E-state index in [1.54, 1.807) is 6.33 Å². The van der Waals surface area contributed by atoms with E-state index in [0.717, 1.165) is 10.4 Å². The fourth-order valence-electron chi connectivity index (χ4n) is 1.31. The highest BCUT2D eigenvalue weighted by atomic mass is 32.2. The maximum atomic E-state index is 4.09. The van der Waals surface area contributed by atoms with E-state index in [1.165, 1.54) is 24.4 Å². The first kappa shape index (κ1) is 8.31. The Hall–Kier alpha value is -0.290. The average molecular weight is 201 g/mol. The fraction of sp³-hybridized carbons (Fsp3) is 0.714. The third-order valence-electron chi connectivity index (χ3n) is 2.18. The normalized spacial score (nSPS) is 28.1. The van der Waals surface area contributed by atoms with Crippen LogP contribution >= 0.6 is 23.3 Å². The molecule has 1 aliphatic rings. The van der Waals surface area contributed by atoms with Gasteiger partial charge in [0.2, 0.25) is 5.13 Å². The van der Waals surface area contributed by atoms with Gasteiger partial charge in [-0.1, -0.05) is 0 Å². The van der Waals surface area contributed by atoms with E-state index < -0.39 is 0 Å². The first-order chi connectivity index (χ1) is 5.90. The van der Waals surface area contributed by atoms with Crippen molar-refractivity contribution < 1.29 is 0 Å². The van der Waals surface area contributed by atoms with Gasteiger partial charge in [-0.05, 0) is 19.1 Å². The minimum atomic E-state index is 0.618. The molecule has 1 aromatic rings. The second-order valence-corrected chi connectivity index (χ2v) is 4.71. The minimum Gasteiger partial charge on any atom is -0.356 e. The Morgan fingerprint density at radius 1 is 1.67 bits per heavy atom. The van der Waals surface area contributed by atoms with E-state index in [-0.39, 0.29) is 0 Å². The van der Waals surface area contributed by atoms with E-state index >= 15 is 0 Å². The van der Waals surface area contributed by atoms with Crippen LogP contribution in [0.4, 0.5) is 5.13 Å². The van der Waals surface area contributed by atoms with Gasteiger partial charge < -0.3 is 5.32 Å². The molecule has 66 valence electrons. The summed E-state index contributed by atoms with van der Waals surface area (Å²) in [6.45, 7) is 0. The molecule has 0 radical (unpaired) electrons. The lowest BCUT2D eigenvalue weighted by molar-refractivity contribution is 0.463. The minimum absolute atomic E-state index is 0.618. The molecule has 12 heavy (non-hydrogen) atoms. The summed E-state index contributed by atoms with van der Waals surface area (Å²) in [6, 6.07) is 0.618. The zero-order chi connectivity index (χ0) is 8.39. The van der Waals surface area contributed by atoms with Gasteiger partial charge in [-0.15, -0.1) is 0 Å². The van der Waals surface area contributed by atoms with Crippen LogP contribution in [0.2, 0.25) is 0 Å². The highest BCUT2D eigenvalue weighted by molar-refractivity contribution is 7.99. The van der Waals surface area contributed by atoms with Crippen molar-refractivity contribution in [2.75, 3.05) is 11.6 Å². The molecule has 0 saturated heterocycles. The van der Waals surface area contributed by atoms with E-state index in [4.69, 9.17) is 0 Å². The van der Waals surface area contributed by atoms with Gasteiger partial charge in [-0.2, -0.15) is 16.1 Å². The van der Waals surface area contributed by atoms with E-state index in [2.05, 4.69) is 20.9 Å². The molecule has 2 unspecified atom stereocenters. The summed E-state index contributed by atoms with van der Waals surface area (Å²) in [5, 5.41) is 5.11. The van der Waals surface area contributed by atoms with Gasteiger partial charge in [0.25, 0.3) is 0 Å². The topological polar surface area (TPSA) is 37.8 Å². The van der Waals surface area contributed by atoms with Crippen molar-refractivity contribution in [3.8, 4) is 0 Å². The second-order valence-electron chi connectivity index (χ2n) is 2.85. The maximum absolute atomic E-state index is 4.09. The molecule has 1 N–H and O–H groups in total. The average Bonchev–Trinajstić information content (AvgIpc) is 2.51. The smallest absolute Gasteiger partial charge is 0.202 e. The van der Waals surface area contributed by atoms with Crippen molar-refractivity contribution in [2.45, 2.75) is 24.1 Å². The summed E-state index contributed by atoms with van der Waals surface area (Å²) in [5.41, 5.74) is 0. The number of hydrogen-bond donors (Lipinski definition) is 1. The number of nitrogens with one attached hydrogen (secondary N) is 1. The maximum Gasteiger partial charge on any atom is 0.202 e. The molecule has 1 aliphatic carbocycles. The SMILES string of the molecule is CSC1CCC1Nc1ncns1. The monoisotopic (exact) mass is 201 g/mol. The van der Waals surface area contributed by atoms with Crippen LogP contribution in [0.25, 0.3) is 0 Å². The Labute approximate surface area is 80.1 Å². The molecule has 1 saturated carbocycles. The van der Waals surface area contributed by atoms with Crippen LogP contribution < -0.4 is 5.32 Å².